The van der Waals surface area contributed by atoms with Gasteiger partial charge in [-0.25, -0.2) is 0 Å². The maximum absolute atomic E-state index is 10.9. The van der Waals surface area contributed by atoms with Gasteiger partial charge >= 0.3 is 5.97 Å². The highest BCUT2D eigenvalue weighted by atomic mass is 16.6. The van der Waals surface area contributed by atoms with Crippen molar-refractivity contribution in [3.05, 3.63) is 24.3 Å². The molecule has 2 atom stereocenters. The lowest BCUT2D eigenvalue weighted by Gasteiger charge is -1.99. The van der Waals surface area contributed by atoms with Crippen LogP contribution in [0.3, 0.4) is 0 Å². The van der Waals surface area contributed by atoms with Crippen molar-refractivity contribution in [2.45, 2.75) is 83.3 Å². The smallest absolute Gasteiger partial charge is 0.305 e. The van der Waals surface area contributed by atoms with Crippen molar-refractivity contribution in [1.29, 1.82) is 0 Å². The zero-order valence-electron chi connectivity index (χ0n) is 14.3. The van der Waals surface area contributed by atoms with E-state index in [9.17, 15) is 4.79 Å². The first-order chi connectivity index (χ1) is 10.8. The Morgan fingerprint density at radius 3 is 2.45 bits per heavy atom. The van der Waals surface area contributed by atoms with Crippen molar-refractivity contribution < 1.29 is 14.3 Å². The van der Waals surface area contributed by atoms with E-state index in [2.05, 4.69) is 36.0 Å². The van der Waals surface area contributed by atoms with Crippen molar-refractivity contribution in [1.82, 2.24) is 0 Å². The molecule has 1 saturated heterocycles. The number of ether oxygens (including phenoxy) is 2. The molecule has 1 rings (SSSR count). The normalized spacial score (nSPS) is 20.8. The van der Waals surface area contributed by atoms with Crippen molar-refractivity contribution >= 4 is 5.97 Å². The van der Waals surface area contributed by atoms with E-state index in [1.165, 1.54) is 26.4 Å². The standard InChI is InChI=1S/C19H32O3/c1-3-17-18(22-17)15-13-11-9-7-5-4-6-8-10-12-14-16-19(20)21-2/h5,7,11,13,17-18H,3-4,6,8-10,12,14-16H2,1-2H3/b7-5-,13-11-/t17-,18+/m0/s1. The quantitative estimate of drug-likeness (QED) is 0.209. The van der Waals surface area contributed by atoms with Crippen molar-refractivity contribution in [2.75, 3.05) is 7.11 Å². The lowest BCUT2D eigenvalue weighted by atomic mass is 10.1. The Labute approximate surface area is 135 Å². The molecular formula is C19H32O3. The monoisotopic (exact) mass is 308 g/mol. The van der Waals surface area contributed by atoms with Crippen molar-refractivity contribution in [2.24, 2.45) is 0 Å². The number of carbonyl (C=O) groups excluding carboxylic acids is 1. The van der Waals surface area contributed by atoms with Gasteiger partial charge in [0.1, 0.15) is 0 Å². The molecule has 0 unspecified atom stereocenters. The minimum absolute atomic E-state index is 0.0885. The first-order valence-corrected chi connectivity index (χ1v) is 8.80. The first-order valence-electron chi connectivity index (χ1n) is 8.80. The Kier molecular flexibility index (Phi) is 10.7. The Bertz CT molecular complexity index is 347. The third kappa shape index (κ3) is 9.78. The Hall–Kier alpha value is -1.09. The molecule has 0 aromatic carbocycles. The summed E-state index contributed by atoms with van der Waals surface area (Å²) in [6.07, 6.45) is 20.8. The fraction of sp³-hybridized carbons (Fsp3) is 0.737. The average Bonchev–Trinajstić information content (AvgIpc) is 3.30. The average molecular weight is 308 g/mol. The summed E-state index contributed by atoms with van der Waals surface area (Å²) in [6, 6.07) is 0. The molecule has 0 aromatic heterocycles. The van der Waals surface area contributed by atoms with Crippen LogP contribution in [0, 0.1) is 0 Å². The molecule has 0 aromatic rings. The number of allylic oxidation sites excluding steroid dienone is 3. The minimum atomic E-state index is -0.0885. The molecule has 0 aliphatic carbocycles. The second kappa shape index (κ2) is 12.5. The van der Waals surface area contributed by atoms with Crippen LogP contribution in [0.1, 0.15) is 71.1 Å². The summed E-state index contributed by atoms with van der Waals surface area (Å²) in [5, 5.41) is 0. The first kappa shape index (κ1) is 19.0. The molecule has 22 heavy (non-hydrogen) atoms. The number of carbonyl (C=O) groups is 1. The lowest BCUT2D eigenvalue weighted by Crippen LogP contribution is -1.98. The summed E-state index contributed by atoms with van der Waals surface area (Å²) in [7, 11) is 1.45. The summed E-state index contributed by atoms with van der Waals surface area (Å²) < 4.78 is 10.1. The van der Waals surface area contributed by atoms with Gasteiger partial charge in [0, 0.05) is 6.42 Å². The second-order valence-corrected chi connectivity index (χ2v) is 5.92. The molecule has 0 spiro atoms. The topological polar surface area (TPSA) is 38.8 Å². The van der Waals surface area contributed by atoms with E-state index in [1.807, 2.05) is 0 Å². The van der Waals surface area contributed by atoms with E-state index in [0.29, 0.717) is 18.6 Å². The van der Waals surface area contributed by atoms with Gasteiger partial charge in [0.2, 0.25) is 0 Å². The molecule has 3 heteroatoms. The summed E-state index contributed by atoms with van der Waals surface area (Å²) in [5.74, 6) is -0.0885. The van der Waals surface area contributed by atoms with Crippen molar-refractivity contribution in [3.63, 3.8) is 0 Å². The van der Waals surface area contributed by atoms with Gasteiger partial charge in [-0.3, -0.25) is 4.79 Å². The minimum Gasteiger partial charge on any atom is -0.469 e. The Morgan fingerprint density at radius 2 is 1.73 bits per heavy atom. The van der Waals surface area contributed by atoms with E-state index < -0.39 is 0 Å². The molecule has 1 heterocycles. The third-order valence-corrected chi connectivity index (χ3v) is 4.04. The van der Waals surface area contributed by atoms with Gasteiger partial charge in [-0.1, -0.05) is 50.5 Å². The molecule has 3 nitrogen and oxygen atoms in total. The van der Waals surface area contributed by atoms with Gasteiger partial charge in [-0.2, -0.15) is 0 Å². The van der Waals surface area contributed by atoms with Crippen LogP contribution in [-0.4, -0.2) is 25.3 Å². The van der Waals surface area contributed by atoms with Crippen LogP contribution in [0.15, 0.2) is 24.3 Å². The van der Waals surface area contributed by atoms with Gasteiger partial charge < -0.3 is 9.47 Å². The lowest BCUT2D eigenvalue weighted by molar-refractivity contribution is -0.140. The number of esters is 1. The highest BCUT2D eigenvalue weighted by Gasteiger charge is 2.35. The largest absolute Gasteiger partial charge is 0.469 e. The third-order valence-electron chi connectivity index (χ3n) is 4.04. The molecule has 126 valence electrons. The maximum atomic E-state index is 10.9. The number of unbranched alkanes of at least 4 members (excludes halogenated alkanes) is 5. The van der Waals surface area contributed by atoms with Crippen LogP contribution < -0.4 is 0 Å². The van der Waals surface area contributed by atoms with E-state index in [0.717, 1.165) is 38.5 Å². The van der Waals surface area contributed by atoms with E-state index >= 15 is 0 Å². The molecule has 0 amide bonds. The SMILES string of the molecule is CC[C@@H]1O[C@@H]1C/C=C\C/C=C\CCCCCCCC(=O)OC. The molecule has 0 bridgehead atoms. The summed E-state index contributed by atoms with van der Waals surface area (Å²) in [6.45, 7) is 2.18. The molecule has 1 aliphatic heterocycles. The summed E-state index contributed by atoms with van der Waals surface area (Å²) in [5.41, 5.74) is 0. The number of epoxide rings is 1. The van der Waals surface area contributed by atoms with Gasteiger partial charge in [0.15, 0.2) is 0 Å². The zero-order chi connectivity index (χ0) is 16.0. The predicted octanol–water partition coefficient (Wildman–Crippen LogP) is 4.96. The Balaban J connectivity index is 1.80. The maximum Gasteiger partial charge on any atom is 0.305 e. The van der Waals surface area contributed by atoms with Crippen LogP contribution in [0.25, 0.3) is 0 Å². The number of hydrogen-bond acceptors (Lipinski definition) is 3. The van der Waals surface area contributed by atoms with Crippen LogP contribution >= 0.6 is 0 Å². The number of hydrogen-bond donors (Lipinski definition) is 0. The van der Waals surface area contributed by atoms with Crippen LogP contribution in [0.5, 0.6) is 0 Å². The van der Waals surface area contributed by atoms with Gasteiger partial charge in [0.25, 0.3) is 0 Å². The highest BCUT2D eigenvalue weighted by Crippen LogP contribution is 2.28. The number of methoxy groups -OCH3 is 1. The molecule has 0 N–H and O–H groups in total. The van der Waals surface area contributed by atoms with E-state index in [4.69, 9.17) is 4.74 Å². The Morgan fingerprint density at radius 1 is 1.00 bits per heavy atom. The zero-order valence-corrected chi connectivity index (χ0v) is 14.3. The van der Waals surface area contributed by atoms with Crippen LogP contribution in [0.4, 0.5) is 0 Å². The highest BCUT2D eigenvalue weighted by molar-refractivity contribution is 5.68. The van der Waals surface area contributed by atoms with Gasteiger partial charge in [-0.05, 0) is 38.5 Å². The molecular weight excluding hydrogens is 276 g/mol. The van der Waals surface area contributed by atoms with E-state index in [-0.39, 0.29) is 5.97 Å². The fourth-order valence-corrected chi connectivity index (χ4v) is 2.53. The second-order valence-electron chi connectivity index (χ2n) is 5.92. The summed E-state index contributed by atoms with van der Waals surface area (Å²) >= 11 is 0. The molecule has 0 radical (unpaired) electrons. The molecule has 1 fully saturated rings. The van der Waals surface area contributed by atoms with Crippen LogP contribution in [-0.2, 0) is 14.3 Å². The van der Waals surface area contributed by atoms with Crippen LogP contribution in [0.2, 0.25) is 0 Å². The predicted molar refractivity (Wildman–Crippen MR) is 90.8 cm³/mol. The number of rotatable bonds is 13. The molecule has 1 aliphatic rings. The molecule has 0 saturated carbocycles. The van der Waals surface area contributed by atoms with Crippen molar-refractivity contribution in [3.8, 4) is 0 Å². The van der Waals surface area contributed by atoms with Gasteiger partial charge in [0.05, 0.1) is 19.3 Å². The fourth-order valence-electron chi connectivity index (χ4n) is 2.53. The van der Waals surface area contributed by atoms with E-state index in [1.54, 1.807) is 0 Å². The summed E-state index contributed by atoms with van der Waals surface area (Å²) in [4.78, 5) is 10.9. The van der Waals surface area contributed by atoms with Gasteiger partial charge in [-0.15, -0.1) is 0 Å².